The molecule has 0 saturated heterocycles. The summed E-state index contributed by atoms with van der Waals surface area (Å²) in [5.74, 6) is 0.339. The van der Waals surface area contributed by atoms with Crippen molar-refractivity contribution < 1.29 is 31.9 Å². The van der Waals surface area contributed by atoms with Crippen LogP contribution in [0.4, 0.5) is 0 Å². The zero-order valence-electron chi connectivity index (χ0n) is 4.70. The van der Waals surface area contributed by atoms with E-state index in [1.165, 1.54) is 24.3 Å². The first-order chi connectivity index (χ1) is 3.79. The molecule has 1 aromatic rings. The van der Waals surface area contributed by atoms with E-state index in [2.05, 4.69) is 0 Å². The van der Waals surface area contributed by atoms with Crippen molar-refractivity contribution in [1.29, 1.82) is 0 Å². The molecule has 46 valence electrons. The molecule has 0 aliphatic heterocycles. The Kier molecular flexibility index (Phi) is 3.36. The summed E-state index contributed by atoms with van der Waals surface area (Å²) in [4.78, 5) is 0. The molecule has 0 aliphatic carbocycles. The summed E-state index contributed by atoms with van der Waals surface area (Å²) in [6.45, 7) is 0. The third-order valence-corrected chi connectivity index (χ3v) is 0.850. The summed E-state index contributed by atoms with van der Waals surface area (Å²) in [6.07, 6.45) is 0. The third-order valence-electron chi connectivity index (χ3n) is 0.850. The van der Waals surface area contributed by atoms with Gasteiger partial charge >= 0.3 is 0 Å². The van der Waals surface area contributed by atoms with Gasteiger partial charge in [-0.3, -0.25) is 0 Å². The fourth-order valence-electron chi connectivity index (χ4n) is 0.453. The van der Waals surface area contributed by atoms with Crippen LogP contribution in [0.1, 0.15) is 0 Å². The Balaban J connectivity index is 0.000000640. The topological polar surface area (TPSA) is 40.5 Å². The van der Waals surface area contributed by atoms with E-state index in [1.54, 1.807) is 0 Å². The summed E-state index contributed by atoms with van der Waals surface area (Å²) in [5, 5.41) is 17.3. The Hall–Kier alpha value is -0.466. The molecule has 0 fully saturated rings. The maximum Gasteiger partial charge on any atom is 0.115 e. The molecule has 3 heteroatoms. The second-order valence-corrected chi connectivity index (χ2v) is 1.52. The van der Waals surface area contributed by atoms with Gasteiger partial charge in [0.25, 0.3) is 0 Å². The second kappa shape index (κ2) is 3.54. The number of hydrogen-bond acceptors (Lipinski definition) is 2. The quantitative estimate of drug-likeness (QED) is 0.438. The van der Waals surface area contributed by atoms with Gasteiger partial charge in [-0.15, -0.1) is 0 Å². The van der Waals surface area contributed by atoms with Crippen LogP contribution in [-0.2, 0) is 21.7 Å². The van der Waals surface area contributed by atoms with Crippen LogP contribution < -0.4 is 0 Å². The predicted molar refractivity (Wildman–Crippen MR) is 29.8 cm³/mol. The van der Waals surface area contributed by atoms with Crippen LogP contribution in [0.3, 0.4) is 0 Å². The van der Waals surface area contributed by atoms with Gasteiger partial charge in [0.15, 0.2) is 0 Å². The van der Waals surface area contributed by atoms with Gasteiger partial charge in [0.2, 0.25) is 0 Å². The Morgan fingerprint density at radius 2 is 1.00 bits per heavy atom. The largest absolute Gasteiger partial charge is 0.508 e. The third kappa shape index (κ3) is 2.54. The number of benzene rings is 1. The van der Waals surface area contributed by atoms with Crippen LogP contribution in [0.5, 0.6) is 11.5 Å². The molecule has 1 rings (SSSR count). The molecule has 0 heterocycles. The van der Waals surface area contributed by atoms with Gasteiger partial charge in [-0.1, -0.05) is 0 Å². The van der Waals surface area contributed by atoms with Crippen molar-refractivity contribution in [2.45, 2.75) is 0 Å². The maximum atomic E-state index is 8.65. The van der Waals surface area contributed by atoms with Crippen LogP contribution in [-0.4, -0.2) is 10.2 Å². The van der Waals surface area contributed by atoms with E-state index in [-0.39, 0.29) is 33.2 Å². The smallest absolute Gasteiger partial charge is 0.115 e. The van der Waals surface area contributed by atoms with E-state index >= 15 is 0 Å². The summed E-state index contributed by atoms with van der Waals surface area (Å²) in [6, 6.07) is 5.70. The molecule has 0 aliphatic rings. The van der Waals surface area contributed by atoms with Crippen molar-refractivity contribution in [3.8, 4) is 11.5 Å². The Morgan fingerprint density at radius 1 is 0.778 bits per heavy atom. The first-order valence-corrected chi connectivity index (χ1v) is 2.27. The Labute approximate surface area is 68.0 Å². The number of hydrogen-bond donors (Lipinski definition) is 2. The van der Waals surface area contributed by atoms with E-state index in [1.807, 2.05) is 0 Å². The Bertz CT molecular complexity index is 150. The monoisotopic (exact) mass is 158 g/mol. The SMILES string of the molecule is Oc1ccc(O)cc1.[Ti]. The van der Waals surface area contributed by atoms with Gasteiger partial charge in [0.1, 0.15) is 11.5 Å². The molecule has 2 N–H and O–H groups in total. The summed E-state index contributed by atoms with van der Waals surface area (Å²) >= 11 is 0. The average molecular weight is 158 g/mol. The molecular formula is C6H6O2Ti. The molecule has 0 aromatic heterocycles. The number of phenols is 2. The molecule has 0 bridgehead atoms. The molecule has 0 amide bonds. The van der Waals surface area contributed by atoms with Crippen LogP contribution in [0.15, 0.2) is 24.3 Å². The van der Waals surface area contributed by atoms with Crippen LogP contribution in [0, 0.1) is 0 Å². The van der Waals surface area contributed by atoms with E-state index in [9.17, 15) is 0 Å². The number of rotatable bonds is 0. The molecule has 0 radical (unpaired) electrons. The summed E-state index contributed by atoms with van der Waals surface area (Å²) < 4.78 is 0. The minimum Gasteiger partial charge on any atom is -0.508 e. The zero-order valence-corrected chi connectivity index (χ0v) is 6.27. The number of phenolic OH excluding ortho intramolecular Hbond substituents is 2. The van der Waals surface area contributed by atoms with E-state index in [0.29, 0.717) is 0 Å². The first kappa shape index (κ1) is 8.53. The standard InChI is InChI=1S/C6H6O2.Ti/c7-5-1-2-6(8)4-3-5;/h1-4,7-8H;. The van der Waals surface area contributed by atoms with Gasteiger partial charge in [-0.2, -0.15) is 0 Å². The minimum absolute atomic E-state index is 0. The van der Waals surface area contributed by atoms with Crippen LogP contribution in [0.25, 0.3) is 0 Å². The zero-order chi connectivity index (χ0) is 5.98. The van der Waals surface area contributed by atoms with Crippen molar-refractivity contribution in [2.24, 2.45) is 0 Å². The first-order valence-electron chi connectivity index (χ1n) is 2.27. The summed E-state index contributed by atoms with van der Waals surface area (Å²) in [5.41, 5.74) is 0. The molecule has 0 spiro atoms. The Morgan fingerprint density at radius 3 is 1.22 bits per heavy atom. The van der Waals surface area contributed by atoms with E-state index in [0.717, 1.165) is 0 Å². The summed E-state index contributed by atoms with van der Waals surface area (Å²) in [7, 11) is 0. The van der Waals surface area contributed by atoms with Crippen molar-refractivity contribution in [3.63, 3.8) is 0 Å². The fraction of sp³-hybridized carbons (Fsp3) is 0. The van der Waals surface area contributed by atoms with Crippen molar-refractivity contribution >= 4 is 0 Å². The van der Waals surface area contributed by atoms with Gasteiger partial charge in [0.05, 0.1) is 0 Å². The van der Waals surface area contributed by atoms with Crippen molar-refractivity contribution in [2.75, 3.05) is 0 Å². The maximum absolute atomic E-state index is 8.65. The molecular weight excluding hydrogens is 152 g/mol. The molecule has 0 atom stereocenters. The van der Waals surface area contributed by atoms with Gasteiger partial charge in [-0.05, 0) is 24.3 Å². The van der Waals surface area contributed by atoms with Crippen LogP contribution >= 0.6 is 0 Å². The molecule has 0 saturated carbocycles. The molecule has 2 nitrogen and oxygen atoms in total. The van der Waals surface area contributed by atoms with Crippen LogP contribution in [0.2, 0.25) is 0 Å². The predicted octanol–water partition coefficient (Wildman–Crippen LogP) is 1.10. The molecule has 1 aromatic carbocycles. The normalized spacial score (nSPS) is 8.00. The van der Waals surface area contributed by atoms with Gasteiger partial charge < -0.3 is 10.2 Å². The second-order valence-electron chi connectivity index (χ2n) is 1.52. The number of aromatic hydroxyl groups is 2. The molecule has 0 unspecified atom stereocenters. The van der Waals surface area contributed by atoms with Gasteiger partial charge in [-0.25, -0.2) is 0 Å². The van der Waals surface area contributed by atoms with Crippen molar-refractivity contribution in [3.05, 3.63) is 24.3 Å². The van der Waals surface area contributed by atoms with E-state index in [4.69, 9.17) is 10.2 Å². The van der Waals surface area contributed by atoms with Gasteiger partial charge in [0, 0.05) is 21.7 Å². The molecule has 9 heavy (non-hydrogen) atoms. The average Bonchev–Trinajstić information content (AvgIpc) is 1.77. The fourth-order valence-corrected chi connectivity index (χ4v) is 0.453. The van der Waals surface area contributed by atoms with E-state index < -0.39 is 0 Å². The van der Waals surface area contributed by atoms with Crippen molar-refractivity contribution in [1.82, 2.24) is 0 Å². The minimum atomic E-state index is 0.